The van der Waals surface area contributed by atoms with Crippen LogP contribution in [0.2, 0.25) is 5.02 Å². The molecule has 0 radical (unpaired) electrons. The van der Waals surface area contributed by atoms with Crippen LogP contribution >= 0.6 is 23.8 Å². The summed E-state index contributed by atoms with van der Waals surface area (Å²) in [4.78, 5) is 15.9. The Kier molecular flexibility index (Phi) is 4.54. The third-order valence-electron chi connectivity index (χ3n) is 3.61. The predicted octanol–water partition coefficient (Wildman–Crippen LogP) is 2.56. The molecule has 112 valence electrons. The summed E-state index contributed by atoms with van der Waals surface area (Å²) in [5, 5.41) is 4.39. The highest BCUT2D eigenvalue weighted by Gasteiger charge is 2.33. The number of carbonyl (C=O) groups is 1. The van der Waals surface area contributed by atoms with Gasteiger partial charge in [0.15, 0.2) is 5.11 Å². The van der Waals surface area contributed by atoms with Gasteiger partial charge in [0.1, 0.15) is 0 Å². The van der Waals surface area contributed by atoms with Gasteiger partial charge in [0.25, 0.3) is 5.91 Å². The Bertz CT molecular complexity index is 627. The smallest absolute Gasteiger partial charge is 0.253 e. The molecule has 0 spiro atoms. The zero-order chi connectivity index (χ0) is 15.7. The Balaban J connectivity index is 2.60. The SMILES string of the molecule is CC1=C(C(=O)N(C)C)C(c2ccccc2Cl)NC(=S)N1C. The van der Waals surface area contributed by atoms with Crippen molar-refractivity contribution in [3.8, 4) is 0 Å². The van der Waals surface area contributed by atoms with E-state index in [2.05, 4.69) is 5.32 Å². The van der Waals surface area contributed by atoms with Crippen LogP contribution in [0.4, 0.5) is 0 Å². The van der Waals surface area contributed by atoms with E-state index in [4.69, 9.17) is 23.8 Å². The first kappa shape index (κ1) is 15.8. The molecule has 4 nitrogen and oxygen atoms in total. The van der Waals surface area contributed by atoms with Crippen molar-refractivity contribution in [1.29, 1.82) is 0 Å². The van der Waals surface area contributed by atoms with Gasteiger partial charge in [-0.2, -0.15) is 0 Å². The average Bonchev–Trinajstić information content (AvgIpc) is 2.44. The fraction of sp³-hybridized carbons (Fsp3) is 0.333. The predicted molar refractivity (Wildman–Crippen MR) is 89.1 cm³/mol. The molecular formula is C15H18ClN3OS. The van der Waals surface area contributed by atoms with Crippen LogP contribution in [-0.2, 0) is 4.79 Å². The van der Waals surface area contributed by atoms with Crippen molar-refractivity contribution in [3.63, 3.8) is 0 Å². The lowest BCUT2D eigenvalue weighted by Gasteiger charge is -2.36. The second kappa shape index (κ2) is 6.03. The molecule has 1 unspecified atom stereocenters. The van der Waals surface area contributed by atoms with Gasteiger partial charge in [-0.1, -0.05) is 29.8 Å². The average molecular weight is 324 g/mol. The van der Waals surface area contributed by atoms with E-state index in [0.717, 1.165) is 11.3 Å². The number of benzene rings is 1. The molecule has 0 saturated carbocycles. The lowest BCUT2D eigenvalue weighted by Crippen LogP contribution is -2.47. The summed E-state index contributed by atoms with van der Waals surface area (Å²) in [6.07, 6.45) is 0. The Hall–Kier alpha value is -1.59. The summed E-state index contributed by atoms with van der Waals surface area (Å²) in [5.74, 6) is -0.0562. The molecule has 1 aromatic carbocycles. The zero-order valence-corrected chi connectivity index (χ0v) is 14.0. The van der Waals surface area contributed by atoms with E-state index in [9.17, 15) is 4.79 Å². The van der Waals surface area contributed by atoms with E-state index < -0.39 is 0 Å². The molecule has 1 aliphatic rings. The molecular weight excluding hydrogens is 306 g/mol. The number of allylic oxidation sites excluding steroid dienone is 1. The Morgan fingerprint density at radius 3 is 2.57 bits per heavy atom. The van der Waals surface area contributed by atoms with Crippen LogP contribution in [-0.4, -0.2) is 42.0 Å². The molecule has 1 amide bonds. The number of thiocarbonyl (C=S) groups is 1. The number of nitrogens with zero attached hydrogens (tertiary/aromatic N) is 2. The van der Waals surface area contributed by atoms with Gasteiger partial charge in [-0.3, -0.25) is 4.79 Å². The molecule has 1 aromatic rings. The fourth-order valence-electron chi connectivity index (χ4n) is 2.30. The van der Waals surface area contributed by atoms with Gasteiger partial charge in [0.2, 0.25) is 0 Å². The molecule has 6 heteroatoms. The van der Waals surface area contributed by atoms with E-state index in [0.29, 0.717) is 15.7 Å². The minimum Gasteiger partial charge on any atom is -0.351 e. The molecule has 0 fully saturated rings. The molecule has 1 heterocycles. The number of hydrogen-bond donors (Lipinski definition) is 1. The maximum Gasteiger partial charge on any atom is 0.253 e. The van der Waals surface area contributed by atoms with Crippen LogP contribution in [0, 0.1) is 0 Å². The number of likely N-dealkylation sites (N-methyl/N-ethyl adjacent to an activating group) is 1. The molecule has 0 bridgehead atoms. The molecule has 1 N–H and O–H groups in total. The number of amides is 1. The highest BCUT2D eigenvalue weighted by atomic mass is 35.5. The molecule has 0 aromatic heterocycles. The molecule has 21 heavy (non-hydrogen) atoms. The van der Waals surface area contributed by atoms with Gasteiger partial charge in [-0.05, 0) is 30.8 Å². The first-order valence-electron chi connectivity index (χ1n) is 6.55. The molecule has 2 rings (SSSR count). The first-order valence-corrected chi connectivity index (χ1v) is 7.34. The van der Waals surface area contributed by atoms with Crippen molar-refractivity contribution < 1.29 is 4.79 Å². The van der Waals surface area contributed by atoms with Crippen molar-refractivity contribution in [2.24, 2.45) is 0 Å². The number of nitrogens with one attached hydrogen (secondary N) is 1. The summed E-state index contributed by atoms with van der Waals surface area (Å²) in [6.45, 7) is 1.90. The Morgan fingerprint density at radius 1 is 1.38 bits per heavy atom. The number of hydrogen-bond acceptors (Lipinski definition) is 2. The standard InChI is InChI=1S/C15H18ClN3OS/c1-9-12(14(20)18(2)3)13(17-15(21)19(9)4)10-7-5-6-8-11(10)16/h5-8,13H,1-4H3,(H,17,21). The van der Waals surface area contributed by atoms with Gasteiger partial charge < -0.3 is 15.1 Å². The molecule has 1 aliphatic heterocycles. The second-order valence-corrected chi connectivity index (χ2v) is 5.96. The van der Waals surface area contributed by atoms with Crippen LogP contribution < -0.4 is 5.32 Å². The van der Waals surface area contributed by atoms with Crippen molar-refractivity contribution in [3.05, 3.63) is 46.1 Å². The largest absolute Gasteiger partial charge is 0.351 e. The lowest BCUT2D eigenvalue weighted by molar-refractivity contribution is -0.125. The number of rotatable bonds is 2. The normalized spacial score (nSPS) is 18.6. The first-order chi connectivity index (χ1) is 9.84. The number of carbonyl (C=O) groups excluding carboxylic acids is 1. The van der Waals surface area contributed by atoms with Crippen LogP contribution in [0.1, 0.15) is 18.5 Å². The maximum atomic E-state index is 12.6. The van der Waals surface area contributed by atoms with Gasteiger partial charge in [-0.15, -0.1) is 0 Å². The minimum atomic E-state index is -0.336. The monoisotopic (exact) mass is 323 g/mol. The van der Waals surface area contributed by atoms with E-state index in [-0.39, 0.29) is 11.9 Å². The third-order valence-corrected chi connectivity index (χ3v) is 4.34. The highest BCUT2D eigenvalue weighted by Crippen LogP contribution is 2.34. The van der Waals surface area contributed by atoms with Crippen LogP contribution in [0.25, 0.3) is 0 Å². The summed E-state index contributed by atoms with van der Waals surface area (Å²) < 4.78 is 0. The topological polar surface area (TPSA) is 35.6 Å². The van der Waals surface area contributed by atoms with E-state index in [1.54, 1.807) is 23.9 Å². The van der Waals surface area contributed by atoms with E-state index >= 15 is 0 Å². The van der Waals surface area contributed by atoms with Gasteiger partial charge in [-0.25, -0.2) is 0 Å². The fourth-order valence-corrected chi connectivity index (χ4v) is 2.80. The summed E-state index contributed by atoms with van der Waals surface area (Å²) in [5.41, 5.74) is 2.34. The van der Waals surface area contributed by atoms with Gasteiger partial charge in [0, 0.05) is 31.9 Å². The van der Waals surface area contributed by atoms with Crippen molar-refractivity contribution in [2.75, 3.05) is 21.1 Å². The van der Waals surface area contributed by atoms with E-state index in [1.165, 1.54) is 0 Å². The molecule has 0 aliphatic carbocycles. The lowest BCUT2D eigenvalue weighted by atomic mass is 9.94. The Labute approximate surface area is 135 Å². The second-order valence-electron chi connectivity index (χ2n) is 5.16. The van der Waals surface area contributed by atoms with Gasteiger partial charge >= 0.3 is 0 Å². The van der Waals surface area contributed by atoms with Crippen LogP contribution in [0.3, 0.4) is 0 Å². The van der Waals surface area contributed by atoms with Crippen molar-refractivity contribution >= 4 is 34.8 Å². The maximum absolute atomic E-state index is 12.6. The van der Waals surface area contributed by atoms with Crippen LogP contribution in [0.15, 0.2) is 35.5 Å². The summed E-state index contributed by atoms with van der Waals surface area (Å²) in [7, 11) is 5.31. The van der Waals surface area contributed by atoms with Crippen molar-refractivity contribution in [1.82, 2.24) is 15.1 Å². The van der Waals surface area contributed by atoms with E-state index in [1.807, 2.05) is 38.2 Å². The van der Waals surface area contributed by atoms with Crippen LogP contribution in [0.5, 0.6) is 0 Å². The Morgan fingerprint density at radius 2 is 2.00 bits per heavy atom. The van der Waals surface area contributed by atoms with Crippen molar-refractivity contribution in [2.45, 2.75) is 13.0 Å². The van der Waals surface area contributed by atoms with Gasteiger partial charge in [0.05, 0.1) is 11.6 Å². The number of halogens is 1. The quantitative estimate of drug-likeness (QED) is 0.849. The third kappa shape index (κ3) is 2.89. The highest BCUT2D eigenvalue weighted by molar-refractivity contribution is 7.80. The molecule has 1 atom stereocenters. The molecule has 0 saturated heterocycles. The minimum absolute atomic E-state index is 0.0562. The summed E-state index contributed by atoms with van der Waals surface area (Å²) in [6, 6.07) is 7.15. The zero-order valence-electron chi connectivity index (χ0n) is 12.5. The summed E-state index contributed by atoms with van der Waals surface area (Å²) >= 11 is 11.6.